The van der Waals surface area contributed by atoms with E-state index < -0.39 is 0 Å². The molecular weight excluding hydrogens is 208 g/mol. The third kappa shape index (κ3) is 1.41. The van der Waals surface area contributed by atoms with Gasteiger partial charge in [0.25, 0.3) is 0 Å². The third-order valence-corrected chi connectivity index (χ3v) is 2.97. The average Bonchev–Trinajstić information content (AvgIpc) is 2.61. The summed E-state index contributed by atoms with van der Waals surface area (Å²) >= 11 is 0. The Balaban J connectivity index is 2.47. The van der Waals surface area contributed by atoms with Crippen LogP contribution in [0.2, 0.25) is 0 Å². The van der Waals surface area contributed by atoms with Crippen LogP contribution in [-0.2, 0) is 19.1 Å². The van der Waals surface area contributed by atoms with Crippen molar-refractivity contribution in [3.05, 3.63) is 23.0 Å². The van der Waals surface area contributed by atoms with Crippen molar-refractivity contribution in [1.29, 1.82) is 0 Å². The normalized spacial score (nSPS) is 29.3. The van der Waals surface area contributed by atoms with Crippen molar-refractivity contribution in [2.45, 2.75) is 32.5 Å². The Bertz CT molecular complexity index is 417. The maximum absolute atomic E-state index is 12.0. The highest BCUT2D eigenvalue weighted by molar-refractivity contribution is 6.23. The van der Waals surface area contributed by atoms with Crippen molar-refractivity contribution < 1.29 is 19.1 Å². The van der Waals surface area contributed by atoms with Crippen molar-refractivity contribution in [3.63, 3.8) is 0 Å². The molecule has 0 amide bonds. The second kappa shape index (κ2) is 3.87. The number of ether oxygens (including phenoxy) is 2. The second-order valence-corrected chi connectivity index (χ2v) is 3.91. The van der Waals surface area contributed by atoms with Crippen LogP contribution in [-0.4, -0.2) is 30.9 Å². The van der Waals surface area contributed by atoms with E-state index in [4.69, 9.17) is 9.47 Å². The first-order valence-electron chi connectivity index (χ1n) is 5.34. The predicted octanol–water partition coefficient (Wildman–Crippen LogP) is 1.16. The van der Waals surface area contributed by atoms with Gasteiger partial charge in [0, 0.05) is 17.2 Å². The maximum atomic E-state index is 12.0. The van der Waals surface area contributed by atoms with Gasteiger partial charge < -0.3 is 9.47 Å². The van der Waals surface area contributed by atoms with Crippen LogP contribution in [0.4, 0.5) is 0 Å². The van der Waals surface area contributed by atoms with E-state index in [9.17, 15) is 9.59 Å². The third-order valence-electron chi connectivity index (χ3n) is 2.97. The molecule has 1 aliphatic heterocycles. The molecule has 2 aliphatic rings. The van der Waals surface area contributed by atoms with Gasteiger partial charge in [0.1, 0.15) is 0 Å². The molecule has 0 radical (unpaired) electrons. The molecule has 0 spiro atoms. The van der Waals surface area contributed by atoms with Crippen LogP contribution in [0.3, 0.4) is 0 Å². The van der Waals surface area contributed by atoms with Crippen molar-refractivity contribution in [2.75, 3.05) is 7.11 Å². The molecular formula is C12H14O4. The minimum atomic E-state index is -0.300. The van der Waals surface area contributed by atoms with Gasteiger partial charge in [0.05, 0.1) is 19.3 Å². The zero-order chi connectivity index (χ0) is 11.9. The summed E-state index contributed by atoms with van der Waals surface area (Å²) < 4.78 is 10.5. The van der Waals surface area contributed by atoms with Crippen LogP contribution in [0.5, 0.6) is 0 Å². The Kier molecular flexibility index (Phi) is 2.68. The highest BCUT2D eigenvalue weighted by Crippen LogP contribution is 2.35. The molecule has 1 heterocycles. The van der Waals surface area contributed by atoms with Crippen molar-refractivity contribution in [2.24, 2.45) is 0 Å². The van der Waals surface area contributed by atoms with E-state index in [2.05, 4.69) is 0 Å². The summed E-state index contributed by atoms with van der Waals surface area (Å²) in [6.45, 7) is 3.72. The molecule has 0 aromatic heterocycles. The molecule has 0 aromatic carbocycles. The summed E-state index contributed by atoms with van der Waals surface area (Å²) in [5.74, 6) is -0.275. The van der Waals surface area contributed by atoms with Crippen LogP contribution >= 0.6 is 0 Å². The fourth-order valence-corrected chi connectivity index (χ4v) is 2.22. The van der Waals surface area contributed by atoms with E-state index in [0.29, 0.717) is 17.6 Å². The standard InChI is InChI=1S/C12H14O4/c1-4-8-11-10(6(2)16-8)7(13)5-9(15-3)12(11)14/h5-6,8H,4H2,1-3H3. The first kappa shape index (κ1) is 11.1. The molecule has 16 heavy (non-hydrogen) atoms. The summed E-state index contributed by atoms with van der Waals surface area (Å²) in [7, 11) is 1.39. The number of methoxy groups -OCH3 is 1. The first-order valence-corrected chi connectivity index (χ1v) is 5.34. The topological polar surface area (TPSA) is 52.6 Å². The minimum absolute atomic E-state index is 0.111. The molecule has 0 fully saturated rings. The van der Waals surface area contributed by atoms with Crippen LogP contribution in [0.15, 0.2) is 23.0 Å². The number of carbonyl (C=O) groups is 2. The fraction of sp³-hybridized carbons (Fsp3) is 0.500. The van der Waals surface area contributed by atoms with Gasteiger partial charge in [-0.25, -0.2) is 0 Å². The van der Waals surface area contributed by atoms with Gasteiger partial charge in [-0.3, -0.25) is 9.59 Å². The molecule has 86 valence electrons. The number of Topliss-reactive ketones (excluding diaryl/α,β-unsaturated/α-hetero) is 1. The Labute approximate surface area is 93.9 Å². The van der Waals surface area contributed by atoms with Gasteiger partial charge in [-0.15, -0.1) is 0 Å². The summed E-state index contributed by atoms with van der Waals surface area (Å²) in [6, 6.07) is 0. The van der Waals surface area contributed by atoms with E-state index in [1.807, 2.05) is 6.92 Å². The molecule has 4 heteroatoms. The number of hydrogen-bond donors (Lipinski definition) is 0. The lowest BCUT2D eigenvalue weighted by molar-refractivity contribution is -0.118. The van der Waals surface area contributed by atoms with Crippen LogP contribution in [0, 0.1) is 0 Å². The Hall–Kier alpha value is -1.42. The molecule has 4 nitrogen and oxygen atoms in total. The number of allylic oxidation sites excluding steroid dienone is 2. The summed E-state index contributed by atoms with van der Waals surface area (Å²) in [4.78, 5) is 23.8. The van der Waals surface area contributed by atoms with Gasteiger partial charge in [-0.2, -0.15) is 0 Å². The smallest absolute Gasteiger partial charge is 0.226 e. The number of hydrogen-bond acceptors (Lipinski definition) is 4. The quantitative estimate of drug-likeness (QED) is 0.658. The van der Waals surface area contributed by atoms with Crippen LogP contribution in [0.1, 0.15) is 20.3 Å². The lowest BCUT2D eigenvalue weighted by Crippen LogP contribution is -2.23. The van der Waals surface area contributed by atoms with Crippen molar-refractivity contribution in [3.8, 4) is 0 Å². The Morgan fingerprint density at radius 1 is 1.38 bits per heavy atom. The molecule has 2 rings (SSSR count). The molecule has 0 aromatic rings. The van der Waals surface area contributed by atoms with Gasteiger partial charge >= 0.3 is 0 Å². The first-order chi connectivity index (χ1) is 7.60. The van der Waals surface area contributed by atoms with E-state index in [1.165, 1.54) is 13.2 Å². The molecule has 0 N–H and O–H groups in total. The lowest BCUT2D eigenvalue weighted by Gasteiger charge is -2.15. The fourth-order valence-electron chi connectivity index (χ4n) is 2.22. The molecule has 0 saturated carbocycles. The summed E-state index contributed by atoms with van der Waals surface area (Å²) in [6.07, 6.45) is 1.35. The highest BCUT2D eigenvalue weighted by atomic mass is 16.5. The van der Waals surface area contributed by atoms with Gasteiger partial charge in [-0.1, -0.05) is 6.92 Å². The number of ketones is 2. The van der Waals surface area contributed by atoms with Gasteiger partial charge in [0.2, 0.25) is 5.78 Å². The Morgan fingerprint density at radius 2 is 2.06 bits per heavy atom. The zero-order valence-electron chi connectivity index (χ0n) is 9.57. The van der Waals surface area contributed by atoms with E-state index in [1.54, 1.807) is 6.92 Å². The molecule has 2 unspecified atom stereocenters. The molecule has 0 bridgehead atoms. The van der Waals surface area contributed by atoms with Gasteiger partial charge in [0.15, 0.2) is 11.5 Å². The van der Waals surface area contributed by atoms with E-state index in [-0.39, 0.29) is 29.5 Å². The predicted molar refractivity (Wildman–Crippen MR) is 56.8 cm³/mol. The average molecular weight is 222 g/mol. The number of carbonyl (C=O) groups excluding carboxylic acids is 2. The zero-order valence-corrected chi connectivity index (χ0v) is 9.57. The van der Waals surface area contributed by atoms with E-state index >= 15 is 0 Å². The summed E-state index contributed by atoms with van der Waals surface area (Å²) in [5.41, 5.74) is 0.983. The molecule has 0 saturated heterocycles. The number of rotatable bonds is 2. The highest BCUT2D eigenvalue weighted by Gasteiger charge is 2.41. The monoisotopic (exact) mass is 222 g/mol. The SMILES string of the molecule is CCC1OC(C)C2=C1C(=O)C(OC)=CC2=O. The molecule has 1 aliphatic carbocycles. The van der Waals surface area contributed by atoms with E-state index in [0.717, 1.165) is 0 Å². The summed E-state index contributed by atoms with van der Waals surface area (Å²) in [5, 5.41) is 0. The van der Waals surface area contributed by atoms with Crippen molar-refractivity contribution >= 4 is 11.6 Å². The maximum Gasteiger partial charge on any atom is 0.226 e. The minimum Gasteiger partial charge on any atom is -0.493 e. The Morgan fingerprint density at radius 3 is 2.62 bits per heavy atom. The van der Waals surface area contributed by atoms with Gasteiger partial charge in [-0.05, 0) is 13.3 Å². The second-order valence-electron chi connectivity index (χ2n) is 3.91. The van der Waals surface area contributed by atoms with Crippen LogP contribution < -0.4 is 0 Å². The molecule has 2 atom stereocenters. The lowest BCUT2D eigenvalue weighted by atomic mass is 9.89. The van der Waals surface area contributed by atoms with Crippen LogP contribution in [0.25, 0.3) is 0 Å². The largest absolute Gasteiger partial charge is 0.493 e. The van der Waals surface area contributed by atoms with Crippen molar-refractivity contribution in [1.82, 2.24) is 0 Å².